The monoisotopic (exact) mass is 628 g/mol. The van der Waals surface area contributed by atoms with Crippen LogP contribution in [0.2, 0.25) is 0 Å². The smallest absolute Gasteiger partial charge is 0.382 e. The van der Waals surface area contributed by atoms with Gasteiger partial charge in [-0.2, -0.15) is 18.3 Å². The highest BCUT2D eigenvalue weighted by Gasteiger charge is 2.65. The zero-order chi connectivity index (χ0) is 31.4. The van der Waals surface area contributed by atoms with E-state index in [2.05, 4.69) is 31.0 Å². The molecule has 1 saturated heterocycles. The number of hydrogen-bond donors (Lipinski definition) is 2. The molecule has 2 aliphatic carbocycles. The number of fused-ring (bicyclic) bond motifs is 1. The number of amides is 3. The van der Waals surface area contributed by atoms with Gasteiger partial charge < -0.3 is 25.0 Å². The molecule has 4 heterocycles. The lowest BCUT2D eigenvalue weighted by Gasteiger charge is -2.38. The van der Waals surface area contributed by atoms with Crippen LogP contribution < -0.4 is 10.6 Å². The third-order valence-electron chi connectivity index (χ3n) is 8.01. The topological polar surface area (TPSA) is 149 Å². The second-order valence-corrected chi connectivity index (χ2v) is 11.4. The number of aromatic nitrogens is 5. The molecule has 238 valence electrons. The average Bonchev–Trinajstić information content (AvgIpc) is 3.87. The molecular formula is C26H29F5N8O5. The molecular weight excluding hydrogens is 599 g/mol. The second-order valence-electron chi connectivity index (χ2n) is 11.4. The van der Waals surface area contributed by atoms with E-state index in [1.165, 1.54) is 37.0 Å². The van der Waals surface area contributed by atoms with Crippen LogP contribution in [0.25, 0.3) is 5.65 Å². The van der Waals surface area contributed by atoms with Crippen molar-refractivity contribution in [1.29, 1.82) is 0 Å². The van der Waals surface area contributed by atoms with Gasteiger partial charge >= 0.3 is 12.2 Å². The Labute approximate surface area is 246 Å². The summed E-state index contributed by atoms with van der Waals surface area (Å²) in [7, 11) is 1.36. The number of ether oxygens (including phenoxy) is 2. The lowest BCUT2D eigenvalue weighted by atomic mass is 10.1. The van der Waals surface area contributed by atoms with Gasteiger partial charge in [0.05, 0.1) is 56.0 Å². The van der Waals surface area contributed by atoms with Crippen LogP contribution in [-0.2, 0) is 9.47 Å². The lowest BCUT2D eigenvalue weighted by molar-refractivity contribution is -0.249. The molecule has 3 fully saturated rings. The quantitative estimate of drug-likeness (QED) is 0.305. The molecule has 6 rings (SSSR count). The minimum atomic E-state index is -4.62. The summed E-state index contributed by atoms with van der Waals surface area (Å²) in [5.74, 6) is -3.89. The van der Waals surface area contributed by atoms with Crippen molar-refractivity contribution < 1.29 is 45.6 Å². The molecule has 44 heavy (non-hydrogen) atoms. The number of rotatable bonds is 11. The number of urea groups is 1. The summed E-state index contributed by atoms with van der Waals surface area (Å²) in [6.07, 6.45) is -1.92. The third kappa shape index (κ3) is 5.79. The molecule has 0 aromatic carbocycles. The summed E-state index contributed by atoms with van der Waals surface area (Å²) in [6, 6.07) is -1.36. The minimum absolute atomic E-state index is 0.00822. The Morgan fingerprint density at radius 2 is 2.02 bits per heavy atom. The summed E-state index contributed by atoms with van der Waals surface area (Å²) >= 11 is 0. The summed E-state index contributed by atoms with van der Waals surface area (Å²) in [5, 5.41) is 16.6. The highest BCUT2D eigenvalue weighted by atomic mass is 19.4. The second kappa shape index (κ2) is 10.9. The lowest BCUT2D eigenvalue weighted by Crippen LogP contribution is -2.58. The molecule has 3 aliphatic rings. The van der Waals surface area contributed by atoms with Crippen molar-refractivity contribution in [3.8, 4) is 0 Å². The number of nitrogens with zero attached hydrogens (tertiary/aromatic N) is 6. The van der Waals surface area contributed by atoms with Gasteiger partial charge in [-0.15, -0.1) is 0 Å². The first-order valence-corrected chi connectivity index (χ1v) is 14.0. The molecule has 18 heteroatoms. The van der Waals surface area contributed by atoms with E-state index in [9.17, 15) is 31.5 Å². The fraction of sp³-hybridized carbons (Fsp3) is 0.615. The first kappa shape index (κ1) is 30.1. The Balaban J connectivity index is 1.32. The first-order valence-electron chi connectivity index (χ1n) is 14.0. The van der Waals surface area contributed by atoms with Crippen LogP contribution in [0.1, 0.15) is 78.0 Å². The van der Waals surface area contributed by atoms with Gasteiger partial charge in [0, 0.05) is 18.6 Å². The van der Waals surface area contributed by atoms with E-state index >= 15 is 0 Å². The van der Waals surface area contributed by atoms with Gasteiger partial charge in [0.2, 0.25) is 0 Å². The fourth-order valence-electron chi connectivity index (χ4n) is 5.33. The number of nitrogens with one attached hydrogen (secondary N) is 2. The molecule has 0 bridgehead atoms. The molecule has 0 unspecified atom stereocenters. The van der Waals surface area contributed by atoms with E-state index in [0.717, 1.165) is 17.7 Å². The highest BCUT2D eigenvalue weighted by molar-refractivity contribution is 5.93. The molecule has 2 N–H and O–H groups in total. The van der Waals surface area contributed by atoms with Crippen LogP contribution in [0.4, 0.5) is 26.7 Å². The fourth-order valence-corrected chi connectivity index (χ4v) is 5.33. The minimum Gasteiger partial charge on any atom is -0.382 e. The van der Waals surface area contributed by atoms with E-state index in [-0.39, 0.29) is 42.4 Å². The number of halogens is 5. The van der Waals surface area contributed by atoms with Gasteiger partial charge in [-0.05, 0) is 43.8 Å². The first-order chi connectivity index (χ1) is 20.8. The molecule has 3 aromatic heterocycles. The summed E-state index contributed by atoms with van der Waals surface area (Å²) in [6.45, 7) is -0.376. The number of alkyl halides is 5. The van der Waals surface area contributed by atoms with Crippen LogP contribution in [0, 0.1) is 0 Å². The summed E-state index contributed by atoms with van der Waals surface area (Å²) in [4.78, 5) is 31.2. The van der Waals surface area contributed by atoms with Crippen LogP contribution in [-0.4, -0.2) is 92.4 Å². The van der Waals surface area contributed by atoms with E-state index in [0.29, 0.717) is 11.3 Å². The van der Waals surface area contributed by atoms with Crippen molar-refractivity contribution in [2.24, 2.45) is 0 Å². The van der Waals surface area contributed by atoms with E-state index in [4.69, 9.17) is 14.1 Å². The SMILES string of the molecule is COC[C@H](c1cnn2cc([C@@H](NC(=O)c3nonc3C3CC3)[C@@H](C)OC3(C(F)(F)F)CC3)nc2c1)N1CC(F)(F)CNC1=O. The van der Waals surface area contributed by atoms with Crippen LogP contribution in [0.3, 0.4) is 0 Å². The number of hydrogen-bond acceptors (Lipinski definition) is 9. The van der Waals surface area contributed by atoms with Crippen molar-refractivity contribution in [3.63, 3.8) is 0 Å². The number of carbonyl (C=O) groups excluding carboxylic acids is 2. The van der Waals surface area contributed by atoms with Gasteiger partial charge in [-0.25, -0.2) is 27.7 Å². The highest BCUT2D eigenvalue weighted by Crippen LogP contribution is 2.53. The van der Waals surface area contributed by atoms with E-state index in [1.54, 1.807) is 0 Å². The molecule has 2 saturated carbocycles. The van der Waals surface area contributed by atoms with E-state index in [1.807, 2.05) is 0 Å². The summed E-state index contributed by atoms with van der Waals surface area (Å²) in [5.41, 5.74) is -1.44. The Morgan fingerprint density at radius 3 is 2.68 bits per heavy atom. The van der Waals surface area contributed by atoms with Gasteiger partial charge in [-0.1, -0.05) is 5.16 Å². The maximum atomic E-state index is 14.2. The Bertz CT molecular complexity index is 1550. The third-order valence-corrected chi connectivity index (χ3v) is 8.01. The average molecular weight is 629 g/mol. The van der Waals surface area contributed by atoms with Crippen molar-refractivity contribution in [3.05, 3.63) is 41.1 Å². The molecule has 3 amide bonds. The Kier molecular flexibility index (Phi) is 7.46. The Hall–Kier alpha value is -3.93. The van der Waals surface area contributed by atoms with Crippen molar-refractivity contribution in [2.75, 3.05) is 26.8 Å². The Morgan fingerprint density at radius 1 is 1.27 bits per heavy atom. The number of imidazole rings is 1. The normalized spacial score (nSPS) is 21.5. The maximum Gasteiger partial charge on any atom is 0.417 e. The van der Waals surface area contributed by atoms with E-state index < -0.39 is 60.9 Å². The molecule has 1 aliphatic heterocycles. The van der Waals surface area contributed by atoms with Crippen LogP contribution in [0.5, 0.6) is 0 Å². The predicted molar refractivity (Wildman–Crippen MR) is 138 cm³/mol. The van der Waals surface area contributed by atoms with Crippen molar-refractivity contribution in [2.45, 2.75) is 74.4 Å². The standard InChI is InChI=1S/C26H29F5N8O5/c1-13(43-24(5-6-24)26(29,30)31)19(35-22(40)21-20(14-3-4-14)36-44-37-21)16-9-39-18(34-16)7-15(8-33-39)17(10-42-2)38-12-25(27,28)11-32-23(38)41/h7-9,13-14,17,19H,3-6,10-12H2,1-2H3,(H,32,41)(H,35,40)/t13-,17-,19+/m1/s1. The zero-order valence-corrected chi connectivity index (χ0v) is 23.6. The van der Waals surface area contributed by atoms with Crippen LogP contribution in [0.15, 0.2) is 23.1 Å². The van der Waals surface area contributed by atoms with Crippen molar-refractivity contribution in [1.82, 2.24) is 40.4 Å². The molecule has 0 spiro atoms. The van der Waals surface area contributed by atoms with Crippen molar-refractivity contribution >= 4 is 17.6 Å². The number of carbonyl (C=O) groups is 2. The molecule has 13 nitrogen and oxygen atoms in total. The van der Waals surface area contributed by atoms with Gasteiger partial charge in [0.1, 0.15) is 5.69 Å². The predicted octanol–water partition coefficient (Wildman–Crippen LogP) is 3.31. The zero-order valence-electron chi connectivity index (χ0n) is 23.6. The maximum absolute atomic E-state index is 14.2. The molecule has 3 atom stereocenters. The van der Waals surface area contributed by atoms with Gasteiger partial charge in [0.15, 0.2) is 16.9 Å². The van der Waals surface area contributed by atoms with Gasteiger partial charge in [-0.3, -0.25) is 4.79 Å². The molecule has 3 aromatic rings. The molecule has 0 radical (unpaired) electrons. The van der Waals surface area contributed by atoms with Gasteiger partial charge in [0.25, 0.3) is 11.8 Å². The number of methoxy groups -OCH3 is 1. The van der Waals surface area contributed by atoms with Crippen LogP contribution >= 0.6 is 0 Å². The largest absolute Gasteiger partial charge is 0.417 e. The summed E-state index contributed by atoms with van der Waals surface area (Å²) < 4.78 is 86.5.